The number of aromatic amines is 1. The van der Waals surface area contributed by atoms with Crippen LogP contribution in [0, 0.1) is 0 Å². The molecule has 1 fully saturated rings. The summed E-state index contributed by atoms with van der Waals surface area (Å²) >= 11 is 6.22. The zero-order chi connectivity index (χ0) is 23.0. The number of aromatic nitrogens is 1. The molecular formula is C23H23ClN2O6S. The number of pyridine rings is 1. The first-order valence-corrected chi connectivity index (χ1v) is 12.6. The molecule has 1 atom stereocenters. The van der Waals surface area contributed by atoms with Crippen LogP contribution in [0.2, 0.25) is 5.02 Å². The molecule has 1 saturated heterocycles. The topological polar surface area (TPSA) is 97.9 Å². The first-order chi connectivity index (χ1) is 15.9. The fourth-order valence-electron chi connectivity index (χ4n) is 4.15. The van der Waals surface area contributed by atoms with Crippen molar-refractivity contribution in [3.05, 3.63) is 63.4 Å². The van der Waals surface area contributed by atoms with Crippen molar-refractivity contribution >= 4 is 32.5 Å². The Kier molecular flexibility index (Phi) is 6.05. The summed E-state index contributed by atoms with van der Waals surface area (Å²) in [4.78, 5) is 15.7. The molecular weight excluding hydrogens is 468 g/mol. The van der Waals surface area contributed by atoms with E-state index in [4.69, 9.17) is 25.8 Å². The second-order valence-corrected chi connectivity index (χ2v) is 10.4. The van der Waals surface area contributed by atoms with E-state index in [1.54, 1.807) is 30.3 Å². The number of halogens is 1. The lowest BCUT2D eigenvalue weighted by Gasteiger charge is -2.25. The molecule has 2 aliphatic heterocycles. The van der Waals surface area contributed by atoms with E-state index in [2.05, 4.69) is 4.98 Å². The third-order valence-corrected chi connectivity index (χ3v) is 8.13. The van der Waals surface area contributed by atoms with Gasteiger partial charge in [-0.25, -0.2) is 8.42 Å². The van der Waals surface area contributed by atoms with Gasteiger partial charge < -0.3 is 19.2 Å². The molecule has 0 aliphatic carbocycles. The fourth-order valence-corrected chi connectivity index (χ4v) is 6.09. The highest BCUT2D eigenvalue weighted by molar-refractivity contribution is 7.89. The van der Waals surface area contributed by atoms with E-state index >= 15 is 0 Å². The van der Waals surface area contributed by atoms with Gasteiger partial charge >= 0.3 is 0 Å². The van der Waals surface area contributed by atoms with Crippen LogP contribution in [0.5, 0.6) is 11.5 Å². The predicted molar refractivity (Wildman–Crippen MR) is 124 cm³/mol. The maximum absolute atomic E-state index is 13.5. The second-order valence-electron chi connectivity index (χ2n) is 8.07. The van der Waals surface area contributed by atoms with Crippen molar-refractivity contribution in [2.45, 2.75) is 30.4 Å². The fraction of sp³-hybridized carbons (Fsp3) is 0.348. The smallest absolute Gasteiger partial charge is 0.252 e. The number of nitrogens with one attached hydrogen (secondary N) is 1. The molecule has 1 aromatic heterocycles. The van der Waals surface area contributed by atoms with Crippen LogP contribution in [0.4, 0.5) is 0 Å². The Labute approximate surface area is 196 Å². The highest BCUT2D eigenvalue weighted by atomic mass is 35.5. The number of H-pyrrole nitrogens is 1. The first-order valence-electron chi connectivity index (χ1n) is 10.7. The van der Waals surface area contributed by atoms with Gasteiger partial charge in [0.2, 0.25) is 10.0 Å². The van der Waals surface area contributed by atoms with Crippen LogP contribution in [0.3, 0.4) is 0 Å². The van der Waals surface area contributed by atoms with Crippen molar-refractivity contribution in [2.75, 3.05) is 26.4 Å². The van der Waals surface area contributed by atoms with Gasteiger partial charge in [-0.2, -0.15) is 4.31 Å². The van der Waals surface area contributed by atoms with Gasteiger partial charge in [-0.3, -0.25) is 4.79 Å². The first kappa shape index (κ1) is 22.2. The van der Waals surface area contributed by atoms with E-state index < -0.39 is 10.0 Å². The monoisotopic (exact) mass is 490 g/mol. The number of hydrogen-bond donors (Lipinski definition) is 1. The molecule has 1 unspecified atom stereocenters. The highest BCUT2D eigenvalue weighted by Gasteiger charge is 2.31. The van der Waals surface area contributed by atoms with Crippen LogP contribution in [0.1, 0.15) is 18.4 Å². The number of ether oxygens (including phenoxy) is 3. The molecule has 1 N–H and O–H groups in total. The zero-order valence-corrected chi connectivity index (χ0v) is 19.3. The van der Waals surface area contributed by atoms with Crippen molar-refractivity contribution in [1.29, 1.82) is 0 Å². The van der Waals surface area contributed by atoms with Gasteiger partial charge in [0.05, 0.1) is 16.6 Å². The van der Waals surface area contributed by atoms with E-state index in [0.29, 0.717) is 42.4 Å². The van der Waals surface area contributed by atoms with Gasteiger partial charge in [0.1, 0.15) is 18.1 Å². The molecule has 2 aromatic carbocycles. The van der Waals surface area contributed by atoms with Crippen LogP contribution in [-0.2, 0) is 21.3 Å². The molecule has 0 saturated carbocycles. The maximum Gasteiger partial charge on any atom is 0.252 e. The van der Waals surface area contributed by atoms with Crippen LogP contribution in [0.15, 0.2) is 52.2 Å². The second kappa shape index (κ2) is 8.98. The summed E-state index contributed by atoms with van der Waals surface area (Å²) < 4.78 is 45.3. The minimum Gasteiger partial charge on any atom is -0.486 e. The van der Waals surface area contributed by atoms with Gasteiger partial charge in [-0.05, 0) is 37.1 Å². The minimum absolute atomic E-state index is 0.00139. The van der Waals surface area contributed by atoms with Crippen LogP contribution in [-0.4, -0.2) is 50.2 Å². The lowest BCUT2D eigenvalue weighted by Crippen LogP contribution is -2.38. The normalized spacial score (nSPS) is 18.2. The van der Waals surface area contributed by atoms with E-state index in [-0.39, 0.29) is 34.7 Å². The molecule has 0 bridgehead atoms. The standard InChI is InChI=1S/C23H23ClN2O6S/c24-18-5-1-2-6-22(18)33(28,29)26(14-17-4-3-7-30-17)13-16-10-15-11-20-21(32-9-8-31-20)12-19(15)25-23(16)27/h1-2,5-6,10-12,17H,3-4,7-9,13-14H2,(H,25,27). The Balaban J connectivity index is 1.54. The molecule has 33 heavy (non-hydrogen) atoms. The molecule has 10 heteroatoms. The molecule has 5 rings (SSSR count). The number of rotatable bonds is 6. The average molecular weight is 491 g/mol. The highest BCUT2D eigenvalue weighted by Crippen LogP contribution is 2.34. The molecule has 0 spiro atoms. The van der Waals surface area contributed by atoms with Crippen molar-refractivity contribution < 1.29 is 22.6 Å². The summed E-state index contributed by atoms with van der Waals surface area (Å²) in [7, 11) is -3.98. The van der Waals surface area contributed by atoms with E-state index in [9.17, 15) is 13.2 Å². The van der Waals surface area contributed by atoms with Gasteiger partial charge in [-0.1, -0.05) is 23.7 Å². The molecule has 0 amide bonds. The molecule has 8 nitrogen and oxygen atoms in total. The van der Waals surface area contributed by atoms with E-state index in [0.717, 1.165) is 18.2 Å². The molecule has 3 heterocycles. The average Bonchev–Trinajstić information content (AvgIpc) is 3.31. The largest absolute Gasteiger partial charge is 0.486 e. The van der Waals surface area contributed by atoms with Gasteiger partial charge in [-0.15, -0.1) is 0 Å². The Hall–Kier alpha value is -2.59. The third kappa shape index (κ3) is 4.46. The van der Waals surface area contributed by atoms with Crippen LogP contribution >= 0.6 is 11.6 Å². The maximum atomic E-state index is 13.5. The summed E-state index contributed by atoms with van der Waals surface area (Å²) in [6.07, 6.45) is 1.39. The van der Waals surface area contributed by atoms with E-state index in [1.165, 1.54) is 16.4 Å². The van der Waals surface area contributed by atoms with Crippen LogP contribution < -0.4 is 15.0 Å². The van der Waals surface area contributed by atoms with Crippen molar-refractivity contribution in [3.63, 3.8) is 0 Å². The third-order valence-electron chi connectivity index (χ3n) is 5.82. The van der Waals surface area contributed by atoms with Gasteiger partial charge in [0.25, 0.3) is 5.56 Å². The lowest BCUT2D eigenvalue weighted by molar-refractivity contribution is 0.0925. The zero-order valence-electron chi connectivity index (χ0n) is 17.8. The predicted octanol–water partition coefficient (Wildman–Crippen LogP) is 3.32. The number of sulfonamides is 1. The quantitative estimate of drug-likeness (QED) is 0.569. The Bertz CT molecular complexity index is 1350. The number of fused-ring (bicyclic) bond motifs is 2. The summed E-state index contributed by atoms with van der Waals surface area (Å²) in [6, 6.07) is 11.5. The Morgan fingerprint density at radius 1 is 1.06 bits per heavy atom. The SMILES string of the molecule is O=c1[nH]c2cc3c(cc2cc1CN(CC1CCCO1)S(=O)(=O)c1ccccc1Cl)OCCO3. The summed E-state index contributed by atoms with van der Waals surface area (Å²) in [5.74, 6) is 1.16. The van der Waals surface area contributed by atoms with E-state index in [1.807, 2.05) is 0 Å². The van der Waals surface area contributed by atoms with Crippen LogP contribution in [0.25, 0.3) is 10.9 Å². The van der Waals surface area contributed by atoms with Crippen molar-refractivity contribution in [3.8, 4) is 11.5 Å². The molecule has 0 radical (unpaired) electrons. The van der Waals surface area contributed by atoms with Gasteiger partial charge in [0, 0.05) is 36.7 Å². The number of hydrogen-bond acceptors (Lipinski definition) is 6. The Morgan fingerprint density at radius 2 is 1.82 bits per heavy atom. The van der Waals surface area contributed by atoms with Crippen molar-refractivity contribution in [2.24, 2.45) is 0 Å². The number of nitrogens with zero attached hydrogens (tertiary/aromatic N) is 1. The molecule has 3 aromatic rings. The Morgan fingerprint density at radius 3 is 2.55 bits per heavy atom. The van der Waals surface area contributed by atoms with Gasteiger partial charge in [0.15, 0.2) is 11.5 Å². The summed E-state index contributed by atoms with van der Waals surface area (Å²) in [5.41, 5.74) is 0.534. The number of benzene rings is 2. The lowest BCUT2D eigenvalue weighted by atomic mass is 10.1. The summed E-state index contributed by atoms with van der Waals surface area (Å²) in [6.45, 7) is 1.49. The summed E-state index contributed by atoms with van der Waals surface area (Å²) in [5, 5.41) is 0.854. The minimum atomic E-state index is -3.98. The molecule has 2 aliphatic rings. The van der Waals surface area contributed by atoms with Crippen molar-refractivity contribution in [1.82, 2.24) is 9.29 Å². The molecule has 174 valence electrons.